The van der Waals surface area contributed by atoms with Crippen LogP contribution in [-0.2, 0) is 19.6 Å². The number of hydrogen-bond donors (Lipinski definition) is 2. The smallest absolute Gasteiger partial charge is 0.250 e. The van der Waals surface area contributed by atoms with E-state index in [0.717, 1.165) is 41.0 Å². The molecule has 32 heavy (non-hydrogen) atoms. The normalized spacial score (nSPS) is 20.5. The third kappa shape index (κ3) is 4.67. The van der Waals surface area contributed by atoms with Gasteiger partial charge in [-0.3, -0.25) is 9.59 Å². The van der Waals surface area contributed by atoms with Gasteiger partial charge in [0.15, 0.2) is 0 Å². The molecule has 2 atom stereocenters. The van der Waals surface area contributed by atoms with E-state index in [-0.39, 0.29) is 21.8 Å². The Balaban J connectivity index is 1.42. The SMILES string of the molecule is CC(C(=O)N1CCCCC1)N1CCC(NS(=O)(=O)c2ccc(-c3ccc(O)cc3)s2)C1=O. The lowest BCUT2D eigenvalue weighted by Crippen LogP contribution is -2.51. The van der Waals surface area contributed by atoms with Gasteiger partial charge in [0, 0.05) is 24.5 Å². The molecule has 1 aromatic heterocycles. The highest BCUT2D eigenvalue weighted by atomic mass is 32.2. The molecular formula is C22H27N3O5S2. The van der Waals surface area contributed by atoms with E-state index in [1.165, 1.54) is 11.0 Å². The maximum Gasteiger partial charge on any atom is 0.250 e. The van der Waals surface area contributed by atoms with Gasteiger partial charge in [-0.15, -0.1) is 11.3 Å². The summed E-state index contributed by atoms with van der Waals surface area (Å²) in [7, 11) is -3.89. The van der Waals surface area contributed by atoms with E-state index in [1.807, 2.05) is 0 Å². The van der Waals surface area contributed by atoms with Crippen molar-refractivity contribution in [3.63, 3.8) is 0 Å². The average Bonchev–Trinajstić information content (AvgIpc) is 3.42. The minimum Gasteiger partial charge on any atom is -0.508 e. The first kappa shape index (κ1) is 22.8. The van der Waals surface area contributed by atoms with Crippen LogP contribution in [-0.4, -0.2) is 66.9 Å². The molecule has 2 aliphatic rings. The number of carbonyl (C=O) groups is 2. The summed E-state index contributed by atoms with van der Waals surface area (Å²) in [6, 6.07) is 8.24. The molecule has 2 fully saturated rings. The second kappa shape index (κ2) is 9.21. The highest BCUT2D eigenvalue weighted by Crippen LogP contribution is 2.32. The molecule has 2 N–H and O–H groups in total. The van der Waals surface area contributed by atoms with E-state index in [9.17, 15) is 23.1 Å². The van der Waals surface area contributed by atoms with Gasteiger partial charge in [-0.1, -0.05) is 0 Å². The zero-order chi connectivity index (χ0) is 22.9. The Labute approximate surface area is 191 Å². The monoisotopic (exact) mass is 477 g/mol. The molecule has 2 saturated heterocycles. The van der Waals surface area contributed by atoms with Crippen molar-refractivity contribution in [2.75, 3.05) is 19.6 Å². The summed E-state index contributed by atoms with van der Waals surface area (Å²) in [6.45, 7) is 3.48. The highest BCUT2D eigenvalue weighted by molar-refractivity contribution is 7.91. The molecule has 1 aromatic carbocycles. The molecule has 2 amide bonds. The Hall–Kier alpha value is -2.43. The topological polar surface area (TPSA) is 107 Å². The lowest BCUT2D eigenvalue weighted by molar-refractivity contribution is -0.143. The first-order valence-electron chi connectivity index (χ1n) is 10.8. The minimum atomic E-state index is -3.89. The Kier molecular flexibility index (Phi) is 6.55. The molecule has 172 valence electrons. The van der Waals surface area contributed by atoms with Crippen LogP contribution in [0.5, 0.6) is 5.75 Å². The van der Waals surface area contributed by atoms with E-state index in [4.69, 9.17) is 0 Å². The number of sulfonamides is 1. The number of nitrogens with zero attached hydrogens (tertiary/aromatic N) is 2. The zero-order valence-electron chi connectivity index (χ0n) is 17.9. The Morgan fingerprint density at radius 1 is 1.09 bits per heavy atom. The second-order valence-electron chi connectivity index (χ2n) is 8.22. The third-order valence-corrected chi connectivity index (χ3v) is 9.13. The summed E-state index contributed by atoms with van der Waals surface area (Å²) < 4.78 is 28.4. The molecule has 0 radical (unpaired) electrons. The fraction of sp³-hybridized carbons (Fsp3) is 0.455. The van der Waals surface area contributed by atoms with Crippen LogP contribution >= 0.6 is 11.3 Å². The van der Waals surface area contributed by atoms with Crippen LogP contribution in [0, 0.1) is 0 Å². The van der Waals surface area contributed by atoms with Gasteiger partial charge >= 0.3 is 0 Å². The fourth-order valence-corrected chi connectivity index (χ4v) is 6.75. The number of amides is 2. The van der Waals surface area contributed by atoms with Crippen LogP contribution < -0.4 is 4.72 Å². The van der Waals surface area contributed by atoms with Crippen LogP contribution in [0.3, 0.4) is 0 Å². The summed E-state index contributed by atoms with van der Waals surface area (Å²) in [6.07, 6.45) is 3.39. The van der Waals surface area contributed by atoms with E-state index in [0.29, 0.717) is 26.1 Å². The van der Waals surface area contributed by atoms with Crippen molar-refractivity contribution in [1.82, 2.24) is 14.5 Å². The van der Waals surface area contributed by atoms with Crippen molar-refractivity contribution in [3.05, 3.63) is 36.4 Å². The van der Waals surface area contributed by atoms with Crippen molar-refractivity contribution >= 4 is 33.2 Å². The molecule has 0 bridgehead atoms. The molecule has 2 aliphatic heterocycles. The summed E-state index contributed by atoms with van der Waals surface area (Å²) in [4.78, 5) is 29.7. The van der Waals surface area contributed by atoms with Crippen molar-refractivity contribution in [1.29, 1.82) is 0 Å². The van der Waals surface area contributed by atoms with Crippen LogP contribution in [0.2, 0.25) is 0 Å². The van der Waals surface area contributed by atoms with Gasteiger partial charge in [0.2, 0.25) is 11.8 Å². The maximum atomic E-state index is 12.9. The Bertz CT molecular complexity index is 1090. The summed E-state index contributed by atoms with van der Waals surface area (Å²) in [5, 5.41) is 9.43. The molecule has 10 heteroatoms. The fourth-order valence-electron chi connectivity index (χ4n) is 4.20. The van der Waals surface area contributed by atoms with Crippen LogP contribution in [0.1, 0.15) is 32.6 Å². The van der Waals surface area contributed by atoms with E-state index in [1.54, 1.807) is 42.2 Å². The number of piperidine rings is 1. The molecule has 0 saturated carbocycles. The molecule has 4 rings (SSSR count). The van der Waals surface area contributed by atoms with Crippen LogP contribution in [0.4, 0.5) is 0 Å². The highest BCUT2D eigenvalue weighted by Gasteiger charge is 2.40. The Morgan fingerprint density at radius 3 is 2.47 bits per heavy atom. The summed E-state index contributed by atoms with van der Waals surface area (Å²) in [5.74, 6) is -0.294. The number of carbonyl (C=O) groups excluding carboxylic acids is 2. The van der Waals surface area contributed by atoms with E-state index < -0.39 is 22.1 Å². The molecule has 0 spiro atoms. The van der Waals surface area contributed by atoms with Crippen molar-refractivity contribution in [3.8, 4) is 16.2 Å². The number of likely N-dealkylation sites (tertiary alicyclic amines) is 2. The zero-order valence-corrected chi connectivity index (χ0v) is 19.5. The molecule has 2 aromatic rings. The van der Waals surface area contributed by atoms with Gasteiger partial charge in [0.25, 0.3) is 10.0 Å². The lowest BCUT2D eigenvalue weighted by atomic mass is 10.1. The standard InChI is InChI=1S/C22H27N3O5S2/c1-15(21(27)24-12-3-2-4-13-24)25-14-11-18(22(25)28)23-32(29,30)20-10-9-19(31-20)16-5-7-17(26)8-6-16/h5-10,15,18,23,26H,2-4,11-14H2,1H3. The summed E-state index contributed by atoms with van der Waals surface area (Å²) in [5.41, 5.74) is 0.794. The van der Waals surface area contributed by atoms with Crippen molar-refractivity contribution in [2.45, 2.75) is 48.9 Å². The second-order valence-corrected chi connectivity index (χ2v) is 11.2. The largest absolute Gasteiger partial charge is 0.508 e. The van der Waals surface area contributed by atoms with Crippen molar-refractivity contribution < 1.29 is 23.1 Å². The number of phenolic OH excluding ortho intramolecular Hbond substituents is 1. The molecule has 2 unspecified atom stereocenters. The maximum absolute atomic E-state index is 12.9. The Morgan fingerprint density at radius 2 is 1.78 bits per heavy atom. The van der Waals surface area contributed by atoms with Gasteiger partial charge in [-0.05, 0) is 74.6 Å². The quantitative estimate of drug-likeness (QED) is 0.664. The predicted octanol–water partition coefficient (Wildman–Crippen LogP) is 2.40. The number of hydrogen-bond acceptors (Lipinski definition) is 6. The summed E-state index contributed by atoms with van der Waals surface area (Å²) >= 11 is 1.10. The third-order valence-electron chi connectivity index (χ3n) is 6.03. The van der Waals surface area contributed by atoms with Crippen LogP contribution in [0.15, 0.2) is 40.6 Å². The first-order valence-corrected chi connectivity index (χ1v) is 13.1. The van der Waals surface area contributed by atoms with E-state index in [2.05, 4.69) is 4.72 Å². The molecule has 8 nitrogen and oxygen atoms in total. The number of thiophene rings is 1. The predicted molar refractivity (Wildman–Crippen MR) is 122 cm³/mol. The first-order chi connectivity index (χ1) is 15.3. The number of rotatable bonds is 6. The van der Waals surface area contributed by atoms with Crippen LogP contribution in [0.25, 0.3) is 10.4 Å². The number of aromatic hydroxyl groups is 1. The van der Waals surface area contributed by atoms with Gasteiger partial charge in [-0.2, -0.15) is 4.72 Å². The average molecular weight is 478 g/mol. The van der Waals surface area contributed by atoms with Gasteiger partial charge < -0.3 is 14.9 Å². The molecular weight excluding hydrogens is 450 g/mol. The number of phenols is 1. The van der Waals surface area contributed by atoms with Gasteiger partial charge in [0.05, 0.1) is 0 Å². The molecule has 3 heterocycles. The van der Waals surface area contributed by atoms with Gasteiger partial charge in [-0.25, -0.2) is 8.42 Å². The van der Waals surface area contributed by atoms with Gasteiger partial charge in [0.1, 0.15) is 22.0 Å². The number of benzene rings is 1. The molecule has 0 aliphatic carbocycles. The van der Waals surface area contributed by atoms with Crippen molar-refractivity contribution in [2.24, 2.45) is 0 Å². The number of nitrogens with one attached hydrogen (secondary N) is 1. The van der Waals surface area contributed by atoms with E-state index >= 15 is 0 Å². The lowest BCUT2D eigenvalue weighted by Gasteiger charge is -2.32. The minimum absolute atomic E-state index is 0.0710.